The molecule has 2 rings (SSSR count). The predicted octanol–water partition coefficient (Wildman–Crippen LogP) is 3.08. The fraction of sp³-hybridized carbons (Fsp3) is 0.400. The molecule has 0 spiro atoms. The van der Waals surface area contributed by atoms with Gasteiger partial charge in [-0.25, -0.2) is 0 Å². The highest BCUT2D eigenvalue weighted by Crippen LogP contribution is 2.20. The zero-order chi connectivity index (χ0) is 13.2. The van der Waals surface area contributed by atoms with Crippen LogP contribution in [0.15, 0.2) is 36.5 Å². The number of pyridine rings is 1. The van der Waals surface area contributed by atoms with Gasteiger partial charge in [0.25, 0.3) is 0 Å². The van der Waals surface area contributed by atoms with E-state index in [1.54, 1.807) is 6.20 Å². The minimum atomic E-state index is -0.603. The first-order valence-electron chi connectivity index (χ1n) is 6.12. The molecule has 0 aliphatic rings. The summed E-state index contributed by atoms with van der Waals surface area (Å²) in [7, 11) is 0. The van der Waals surface area contributed by atoms with Crippen LogP contribution in [-0.2, 0) is 4.74 Å². The largest absolute Gasteiger partial charge is 0.386 e. The van der Waals surface area contributed by atoms with Crippen LogP contribution in [0.5, 0.6) is 0 Å². The first-order valence-corrected chi connectivity index (χ1v) is 6.12. The quantitative estimate of drug-likeness (QED) is 0.903. The standard InChI is InChI=1S/C15H19NO2/c1-15(2,3)18-10-14(17)12-6-7-13-11(9-12)5-4-8-16-13/h4-9,14,17H,10H2,1-3H3. The lowest BCUT2D eigenvalue weighted by molar-refractivity contribution is -0.0495. The molecule has 3 nitrogen and oxygen atoms in total. The molecular formula is C15H19NO2. The SMILES string of the molecule is CC(C)(C)OCC(O)c1ccc2ncccc2c1. The zero-order valence-electron chi connectivity index (χ0n) is 11.1. The summed E-state index contributed by atoms with van der Waals surface area (Å²) in [5, 5.41) is 11.1. The van der Waals surface area contributed by atoms with Crippen molar-refractivity contribution < 1.29 is 9.84 Å². The van der Waals surface area contributed by atoms with Crippen LogP contribution in [0.3, 0.4) is 0 Å². The van der Waals surface area contributed by atoms with E-state index in [1.807, 2.05) is 51.1 Å². The van der Waals surface area contributed by atoms with Gasteiger partial charge in [0.1, 0.15) is 6.10 Å². The van der Waals surface area contributed by atoms with Crippen LogP contribution < -0.4 is 0 Å². The van der Waals surface area contributed by atoms with E-state index in [4.69, 9.17) is 4.74 Å². The Hall–Kier alpha value is -1.45. The van der Waals surface area contributed by atoms with E-state index in [1.165, 1.54) is 0 Å². The van der Waals surface area contributed by atoms with Crippen LogP contribution in [0.25, 0.3) is 10.9 Å². The predicted molar refractivity (Wildman–Crippen MR) is 72.4 cm³/mol. The number of aromatic nitrogens is 1. The van der Waals surface area contributed by atoms with Crippen LogP contribution in [-0.4, -0.2) is 22.3 Å². The molecule has 0 saturated heterocycles. The third-order valence-corrected chi connectivity index (χ3v) is 2.69. The highest BCUT2D eigenvalue weighted by Gasteiger charge is 2.15. The van der Waals surface area contributed by atoms with Gasteiger partial charge in [0.05, 0.1) is 17.7 Å². The van der Waals surface area contributed by atoms with Gasteiger partial charge in [-0.15, -0.1) is 0 Å². The van der Waals surface area contributed by atoms with Crippen LogP contribution >= 0.6 is 0 Å². The molecule has 0 fully saturated rings. The summed E-state index contributed by atoms with van der Waals surface area (Å²) in [5.41, 5.74) is 1.56. The summed E-state index contributed by atoms with van der Waals surface area (Å²) < 4.78 is 5.59. The zero-order valence-corrected chi connectivity index (χ0v) is 11.1. The maximum absolute atomic E-state index is 10.1. The lowest BCUT2D eigenvalue weighted by atomic mass is 10.1. The average Bonchev–Trinajstić information content (AvgIpc) is 2.34. The normalized spacial score (nSPS) is 13.8. The summed E-state index contributed by atoms with van der Waals surface area (Å²) in [6, 6.07) is 9.66. The minimum absolute atomic E-state index is 0.237. The fourth-order valence-electron chi connectivity index (χ4n) is 1.73. The van der Waals surface area contributed by atoms with Crippen molar-refractivity contribution in [1.29, 1.82) is 0 Å². The molecule has 1 heterocycles. The van der Waals surface area contributed by atoms with Crippen molar-refractivity contribution in [3.8, 4) is 0 Å². The van der Waals surface area contributed by atoms with Crippen LogP contribution in [0, 0.1) is 0 Å². The lowest BCUT2D eigenvalue weighted by Gasteiger charge is -2.22. The molecule has 0 aliphatic carbocycles. The van der Waals surface area contributed by atoms with Crippen molar-refractivity contribution in [3.63, 3.8) is 0 Å². The van der Waals surface area contributed by atoms with Crippen molar-refractivity contribution in [3.05, 3.63) is 42.1 Å². The Labute approximate surface area is 107 Å². The highest BCUT2D eigenvalue weighted by molar-refractivity contribution is 5.78. The number of hydrogen-bond acceptors (Lipinski definition) is 3. The van der Waals surface area contributed by atoms with Gasteiger partial charge in [-0.1, -0.05) is 12.1 Å². The van der Waals surface area contributed by atoms with Crippen LogP contribution in [0.1, 0.15) is 32.4 Å². The maximum Gasteiger partial charge on any atom is 0.102 e. The third kappa shape index (κ3) is 3.28. The molecule has 96 valence electrons. The number of rotatable bonds is 3. The average molecular weight is 245 g/mol. The Morgan fingerprint density at radius 2 is 2.06 bits per heavy atom. The van der Waals surface area contributed by atoms with E-state index < -0.39 is 6.10 Å². The van der Waals surface area contributed by atoms with Gasteiger partial charge < -0.3 is 9.84 Å². The second kappa shape index (κ2) is 5.04. The summed E-state index contributed by atoms with van der Waals surface area (Å²) in [5.74, 6) is 0. The molecule has 1 atom stereocenters. The smallest absolute Gasteiger partial charge is 0.102 e. The summed E-state index contributed by atoms with van der Waals surface area (Å²) in [4.78, 5) is 4.25. The van der Waals surface area contributed by atoms with Gasteiger partial charge >= 0.3 is 0 Å². The first-order chi connectivity index (χ1) is 8.46. The number of benzene rings is 1. The van der Waals surface area contributed by atoms with Crippen LogP contribution in [0.2, 0.25) is 0 Å². The fourth-order valence-corrected chi connectivity index (χ4v) is 1.73. The summed E-state index contributed by atoms with van der Waals surface area (Å²) in [6.45, 7) is 6.23. The Morgan fingerprint density at radius 3 is 2.78 bits per heavy atom. The van der Waals surface area contributed by atoms with Crippen molar-refractivity contribution in [2.24, 2.45) is 0 Å². The van der Waals surface area contributed by atoms with E-state index in [0.29, 0.717) is 6.61 Å². The first kappa shape index (κ1) is 13.0. The van der Waals surface area contributed by atoms with Crippen LogP contribution in [0.4, 0.5) is 0 Å². The number of nitrogens with zero attached hydrogens (tertiary/aromatic N) is 1. The van der Waals surface area contributed by atoms with Gasteiger partial charge in [-0.2, -0.15) is 0 Å². The molecule has 1 aromatic heterocycles. The molecule has 0 saturated carbocycles. The topological polar surface area (TPSA) is 42.4 Å². The van der Waals surface area contributed by atoms with Crippen molar-refractivity contribution >= 4 is 10.9 Å². The molecule has 1 N–H and O–H groups in total. The molecule has 18 heavy (non-hydrogen) atoms. The third-order valence-electron chi connectivity index (χ3n) is 2.69. The van der Waals surface area contributed by atoms with Crippen molar-refractivity contribution in [2.75, 3.05) is 6.61 Å². The highest BCUT2D eigenvalue weighted by atomic mass is 16.5. The van der Waals surface area contributed by atoms with E-state index in [9.17, 15) is 5.11 Å². The number of hydrogen-bond donors (Lipinski definition) is 1. The van der Waals surface area contributed by atoms with Gasteiger partial charge in [0.2, 0.25) is 0 Å². The Balaban J connectivity index is 2.15. The van der Waals surface area contributed by atoms with E-state index in [2.05, 4.69) is 4.98 Å². The number of ether oxygens (including phenoxy) is 1. The molecule has 1 aromatic carbocycles. The monoisotopic (exact) mass is 245 g/mol. The van der Waals surface area contributed by atoms with Gasteiger partial charge in [-0.05, 0) is 44.5 Å². The molecule has 0 aliphatic heterocycles. The molecular weight excluding hydrogens is 226 g/mol. The minimum Gasteiger partial charge on any atom is -0.386 e. The molecule has 0 bridgehead atoms. The van der Waals surface area contributed by atoms with Gasteiger partial charge in [0.15, 0.2) is 0 Å². The maximum atomic E-state index is 10.1. The number of aliphatic hydroxyl groups is 1. The molecule has 0 radical (unpaired) electrons. The second-order valence-corrected chi connectivity index (χ2v) is 5.39. The summed E-state index contributed by atoms with van der Waals surface area (Å²) >= 11 is 0. The van der Waals surface area contributed by atoms with Gasteiger partial charge in [-0.3, -0.25) is 4.98 Å². The Bertz CT molecular complexity index is 531. The number of fused-ring (bicyclic) bond motifs is 1. The van der Waals surface area contributed by atoms with E-state index in [-0.39, 0.29) is 5.60 Å². The number of aliphatic hydroxyl groups excluding tert-OH is 1. The Kier molecular flexibility index (Phi) is 3.64. The molecule has 0 amide bonds. The molecule has 1 unspecified atom stereocenters. The van der Waals surface area contributed by atoms with Crippen molar-refractivity contribution in [2.45, 2.75) is 32.5 Å². The van der Waals surface area contributed by atoms with Gasteiger partial charge in [0, 0.05) is 11.6 Å². The summed E-state index contributed by atoms with van der Waals surface area (Å²) in [6.07, 6.45) is 1.16. The second-order valence-electron chi connectivity index (χ2n) is 5.39. The molecule has 2 aromatic rings. The Morgan fingerprint density at radius 1 is 1.28 bits per heavy atom. The lowest BCUT2D eigenvalue weighted by Crippen LogP contribution is -2.22. The van der Waals surface area contributed by atoms with E-state index >= 15 is 0 Å². The van der Waals surface area contributed by atoms with E-state index in [0.717, 1.165) is 16.5 Å². The van der Waals surface area contributed by atoms with Crippen molar-refractivity contribution in [1.82, 2.24) is 4.98 Å². The molecule has 3 heteroatoms.